The number of anilines is 1. The van der Waals surface area contributed by atoms with Gasteiger partial charge in [-0.3, -0.25) is 9.59 Å². The molecule has 8 heteroatoms. The summed E-state index contributed by atoms with van der Waals surface area (Å²) in [6, 6.07) is 17.2. The molecule has 192 valence electrons. The van der Waals surface area contributed by atoms with Gasteiger partial charge in [0.25, 0.3) is 5.91 Å². The summed E-state index contributed by atoms with van der Waals surface area (Å²) in [6.07, 6.45) is 0.923. The number of aliphatic hydroxyl groups excluding tert-OH is 1. The van der Waals surface area contributed by atoms with Crippen LogP contribution in [0.2, 0.25) is 18.6 Å². The van der Waals surface area contributed by atoms with Crippen molar-refractivity contribution < 1.29 is 23.5 Å². The van der Waals surface area contributed by atoms with Crippen molar-refractivity contribution in [1.82, 2.24) is 4.90 Å². The molecule has 2 saturated heterocycles. The Labute approximate surface area is 213 Å². The maximum Gasteiger partial charge on any atom is 0.264 e. The zero-order valence-electron chi connectivity index (χ0n) is 21.2. The first-order valence-electron chi connectivity index (χ1n) is 12.9. The summed E-state index contributed by atoms with van der Waals surface area (Å²) in [7, 11) is -3.34. The van der Waals surface area contributed by atoms with Crippen LogP contribution in [-0.2, 0) is 26.5 Å². The number of para-hydroxylation sites is 1. The predicted octanol–water partition coefficient (Wildman–Crippen LogP) is 4.38. The Morgan fingerprint density at radius 3 is 2.56 bits per heavy atom. The zero-order valence-corrected chi connectivity index (χ0v) is 22.2. The number of aliphatic hydroxyl groups is 1. The number of carbonyl (C=O) groups is 2. The highest BCUT2D eigenvalue weighted by molar-refractivity contribution is 6.72. The molecule has 2 aromatic carbocycles. The molecule has 0 aromatic heterocycles. The highest BCUT2D eigenvalue weighted by Crippen LogP contribution is 2.60. The number of likely N-dealkylation sites (tertiary alicyclic amines) is 1. The number of rotatable bonds is 6. The summed E-state index contributed by atoms with van der Waals surface area (Å²) in [5.74, 6) is -0.750. The van der Waals surface area contributed by atoms with Gasteiger partial charge in [-0.05, 0) is 37.6 Å². The van der Waals surface area contributed by atoms with Crippen LogP contribution in [-0.4, -0.2) is 55.5 Å². The monoisotopic (exact) mass is 510 g/mol. The summed E-state index contributed by atoms with van der Waals surface area (Å²) in [4.78, 5) is 31.0. The van der Waals surface area contributed by atoms with E-state index in [0.29, 0.717) is 13.1 Å². The van der Waals surface area contributed by atoms with Crippen LogP contribution in [0, 0.1) is 5.92 Å². The van der Waals surface area contributed by atoms with Crippen molar-refractivity contribution in [2.45, 2.75) is 69.1 Å². The highest BCUT2D eigenvalue weighted by Gasteiger charge is 2.67. The molecule has 3 aliphatic heterocycles. The number of amides is 2. The Bertz CT molecular complexity index is 1140. The summed E-state index contributed by atoms with van der Waals surface area (Å²) in [5, 5.41) is 9.70. The molecule has 2 amide bonds. The third-order valence-electron chi connectivity index (χ3n) is 8.34. The second-order valence-corrected chi connectivity index (χ2v) is 14.7. The number of carbonyl (C=O) groups excluding carboxylic acids is 2. The first kappa shape index (κ1) is 25.1. The molecule has 5 rings (SSSR count). The summed E-state index contributed by atoms with van der Waals surface area (Å²) in [6.45, 7) is 6.11. The lowest BCUT2D eigenvalue weighted by Gasteiger charge is -2.31. The van der Waals surface area contributed by atoms with Crippen LogP contribution < -0.4 is 4.90 Å². The fourth-order valence-corrected chi connectivity index (χ4v) is 9.26. The molecule has 3 aliphatic rings. The summed E-state index contributed by atoms with van der Waals surface area (Å²) in [5.41, 5.74) is 0.688. The Kier molecular flexibility index (Phi) is 6.55. The normalized spacial score (nSPS) is 29.9. The molecule has 5 atom stereocenters. The molecular weight excluding hydrogens is 475 g/mol. The quantitative estimate of drug-likeness (QED) is 0.463. The van der Waals surface area contributed by atoms with Crippen molar-refractivity contribution in [2.75, 3.05) is 18.1 Å². The topological polar surface area (TPSA) is 70.1 Å². The molecule has 2 fully saturated rings. The molecular formula is C28H35FN2O4Si. The fraction of sp³-hybridized carbons (Fsp3) is 0.500. The van der Waals surface area contributed by atoms with E-state index in [1.807, 2.05) is 61.5 Å². The number of fused-ring (bicyclic) bond motifs is 2. The fourth-order valence-electron chi connectivity index (χ4n) is 6.77. The van der Waals surface area contributed by atoms with Gasteiger partial charge in [-0.1, -0.05) is 55.5 Å². The first-order chi connectivity index (χ1) is 17.2. The van der Waals surface area contributed by atoms with E-state index in [0.717, 1.165) is 29.7 Å². The average Bonchev–Trinajstić information content (AvgIpc) is 3.51. The molecule has 0 aliphatic carbocycles. The third-order valence-corrected chi connectivity index (χ3v) is 10.8. The summed E-state index contributed by atoms with van der Waals surface area (Å²) >= 11 is 0. The molecule has 3 heterocycles. The van der Waals surface area contributed by atoms with Crippen molar-refractivity contribution >= 4 is 25.9 Å². The molecule has 0 bridgehead atoms. The lowest BCUT2D eigenvalue weighted by Crippen LogP contribution is -2.45. The highest BCUT2D eigenvalue weighted by atomic mass is 28.4. The molecule has 0 saturated carbocycles. The maximum atomic E-state index is 15.9. The van der Waals surface area contributed by atoms with Gasteiger partial charge in [0, 0.05) is 23.6 Å². The van der Waals surface area contributed by atoms with Crippen LogP contribution in [0.15, 0.2) is 54.6 Å². The number of nitrogens with zero attached hydrogens (tertiary/aromatic N) is 2. The van der Waals surface area contributed by atoms with Crippen LogP contribution in [0.3, 0.4) is 0 Å². The molecule has 6 nitrogen and oxygen atoms in total. The van der Waals surface area contributed by atoms with Crippen LogP contribution in [0.4, 0.5) is 9.80 Å². The van der Waals surface area contributed by atoms with Gasteiger partial charge in [0.05, 0.1) is 37.4 Å². The van der Waals surface area contributed by atoms with E-state index in [2.05, 4.69) is 0 Å². The van der Waals surface area contributed by atoms with Crippen molar-refractivity contribution in [2.24, 2.45) is 5.92 Å². The number of hydrogen-bond donors (Lipinski definition) is 1. The van der Waals surface area contributed by atoms with E-state index < -0.39 is 31.6 Å². The first-order valence-corrected chi connectivity index (χ1v) is 15.9. The number of halogens is 1. The third kappa shape index (κ3) is 3.99. The zero-order chi connectivity index (χ0) is 25.7. The van der Waals surface area contributed by atoms with Crippen molar-refractivity contribution in [3.05, 3.63) is 65.7 Å². The minimum atomic E-state index is -3.34. The van der Waals surface area contributed by atoms with Gasteiger partial charge in [0.1, 0.15) is 0 Å². The largest absolute Gasteiger partial charge is 0.394 e. The number of ether oxygens (including phenoxy) is 1. The Morgan fingerprint density at radius 1 is 1.17 bits per heavy atom. The van der Waals surface area contributed by atoms with Crippen LogP contribution >= 0.6 is 0 Å². The molecule has 1 N–H and O–H groups in total. The van der Waals surface area contributed by atoms with Gasteiger partial charge in [-0.25, -0.2) is 0 Å². The molecule has 0 radical (unpaired) electrons. The van der Waals surface area contributed by atoms with E-state index in [1.165, 1.54) is 0 Å². The molecule has 1 spiro atoms. The molecule has 2 aromatic rings. The standard InChI is InChI=1S/C28H35FN2O4Si/c1-19-26(36(2,3)29)24(16-25(33)30-15-9-12-21(30)18-32)35-28(19)22-13-7-8-14-23(22)31(27(28)34)17-20-10-5-4-6-11-20/h4-8,10-11,13-14,19,21,24,26,32H,9,12,15-18H2,1-3H3/t19-,21+,24+,26-,28+/m1/s1. The SMILES string of the molecule is C[C@@H]1[C@@H]([Si](C)(C)F)[C@H](CC(=O)N2CCC[C@H]2CO)O[C@@]12C(=O)N(Cc1ccccc1)c1ccccc12. The predicted molar refractivity (Wildman–Crippen MR) is 139 cm³/mol. The Morgan fingerprint density at radius 2 is 1.86 bits per heavy atom. The van der Waals surface area contributed by atoms with Gasteiger partial charge in [-0.15, -0.1) is 0 Å². The Balaban J connectivity index is 1.51. The Hall–Kier alpha value is -2.55. The van der Waals surface area contributed by atoms with Crippen molar-refractivity contribution in [1.29, 1.82) is 0 Å². The van der Waals surface area contributed by atoms with E-state index in [4.69, 9.17) is 4.74 Å². The second-order valence-electron chi connectivity index (χ2n) is 10.9. The number of hydrogen-bond acceptors (Lipinski definition) is 4. The minimum Gasteiger partial charge on any atom is -0.394 e. The minimum absolute atomic E-state index is 0.0156. The van der Waals surface area contributed by atoms with E-state index >= 15 is 4.11 Å². The lowest BCUT2D eigenvalue weighted by molar-refractivity contribution is -0.150. The van der Waals surface area contributed by atoms with Gasteiger partial charge in [0.2, 0.25) is 14.3 Å². The summed E-state index contributed by atoms with van der Waals surface area (Å²) < 4.78 is 22.6. The maximum absolute atomic E-state index is 15.9. The van der Waals surface area contributed by atoms with Gasteiger partial charge >= 0.3 is 0 Å². The van der Waals surface area contributed by atoms with Crippen molar-refractivity contribution in [3.63, 3.8) is 0 Å². The molecule has 36 heavy (non-hydrogen) atoms. The van der Waals surface area contributed by atoms with E-state index in [9.17, 15) is 14.7 Å². The average molecular weight is 511 g/mol. The second kappa shape index (κ2) is 9.39. The van der Waals surface area contributed by atoms with Crippen LogP contribution in [0.25, 0.3) is 0 Å². The van der Waals surface area contributed by atoms with Gasteiger partial charge < -0.3 is 23.8 Å². The van der Waals surface area contributed by atoms with E-state index in [-0.39, 0.29) is 30.9 Å². The van der Waals surface area contributed by atoms with Gasteiger partial charge in [0.15, 0.2) is 5.60 Å². The molecule has 0 unspecified atom stereocenters. The number of benzene rings is 2. The van der Waals surface area contributed by atoms with Gasteiger partial charge in [-0.2, -0.15) is 0 Å². The lowest BCUT2D eigenvalue weighted by atomic mass is 9.82. The smallest absolute Gasteiger partial charge is 0.264 e. The van der Waals surface area contributed by atoms with E-state index in [1.54, 1.807) is 22.9 Å². The van der Waals surface area contributed by atoms with Crippen LogP contribution in [0.5, 0.6) is 0 Å². The van der Waals surface area contributed by atoms with Crippen LogP contribution in [0.1, 0.15) is 37.3 Å². The van der Waals surface area contributed by atoms with Crippen molar-refractivity contribution in [3.8, 4) is 0 Å².